The minimum Gasteiger partial charge on any atom is -0.306 e. The van der Waals surface area contributed by atoms with Gasteiger partial charge in [-0.15, -0.1) is 0 Å². The summed E-state index contributed by atoms with van der Waals surface area (Å²) in [5.74, 6) is 1.06. The van der Waals surface area contributed by atoms with Crippen LogP contribution in [0.4, 0.5) is 0 Å². The molecule has 0 atom stereocenters. The summed E-state index contributed by atoms with van der Waals surface area (Å²) >= 11 is 6.90. The molecular weight excluding hydrogens is 396 g/mol. The molecule has 21 heavy (non-hydrogen) atoms. The summed E-state index contributed by atoms with van der Waals surface area (Å²) in [5, 5.41) is 0. The van der Waals surface area contributed by atoms with Crippen LogP contribution in [0.5, 0.6) is 0 Å². The quantitative estimate of drug-likeness (QED) is 0.786. The van der Waals surface area contributed by atoms with Gasteiger partial charge in [0.2, 0.25) is 0 Å². The molecule has 0 amide bonds. The highest BCUT2D eigenvalue weighted by Gasteiger charge is 2.13. The zero-order chi connectivity index (χ0) is 15.7. The Hall–Kier alpha value is -0.940. The SMILES string of the molecule is Cc1cc(-c2nc(CC(C)C)c(Br)c(=O)[nH]2)cc(C)c1Br. The van der Waals surface area contributed by atoms with Crippen LogP contribution < -0.4 is 5.56 Å². The van der Waals surface area contributed by atoms with Crippen molar-refractivity contribution in [1.29, 1.82) is 0 Å². The largest absolute Gasteiger partial charge is 0.306 e. The van der Waals surface area contributed by atoms with Crippen LogP contribution in [0.2, 0.25) is 0 Å². The summed E-state index contributed by atoms with van der Waals surface area (Å²) in [6, 6.07) is 4.06. The molecular formula is C16H18Br2N2O. The van der Waals surface area contributed by atoms with Gasteiger partial charge in [0.05, 0.1) is 5.69 Å². The first-order chi connectivity index (χ1) is 9.79. The number of benzene rings is 1. The Morgan fingerprint density at radius 3 is 2.24 bits per heavy atom. The average Bonchev–Trinajstić information content (AvgIpc) is 2.39. The average molecular weight is 414 g/mol. The first-order valence-electron chi connectivity index (χ1n) is 6.85. The molecule has 0 spiro atoms. The Morgan fingerprint density at radius 2 is 1.71 bits per heavy atom. The van der Waals surface area contributed by atoms with Crippen LogP contribution in [0.15, 0.2) is 25.9 Å². The zero-order valence-corrected chi connectivity index (χ0v) is 15.7. The maximum absolute atomic E-state index is 12.1. The lowest BCUT2D eigenvalue weighted by Crippen LogP contribution is -2.15. The molecule has 1 aromatic carbocycles. The van der Waals surface area contributed by atoms with Crippen molar-refractivity contribution in [2.45, 2.75) is 34.1 Å². The van der Waals surface area contributed by atoms with E-state index in [-0.39, 0.29) is 5.56 Å². The van der Waals surface area contributed by atoms with Gasteiger partial charge in [0.15, 0.2) is 0 Å². The van der Waals surface area contributed by atoms with Gasteiger partial charge in [0.25, 0.3) is 5.56 Å². The van der Waals surface area contributed by atoms with Crippen LogP contribution in [-0.4, -0.2) is 9.97 Å². The van der Waals surface area contributed by atoms with Gasteiger partial charge in [-0.05, 0) is 65.4 Å². The molecule has 0 saturated carbocycles. The summed E-state index contributed by atoms with van der Waals surface area (Å²) < 4.78 is 1.62. The third-order valence-corrected chi connectivity index (χ3v) is 5.31. The minimum absolute atomic E-state index is 0.131. The lowest BCUT2D eigenvalue weighted by molar-refractivity contribution is 0.631. The molecule has 0 bridgehead atoms. The second-order valence-corrected chi connectivity index (χ2v) is 7.28. The number of aromatic nitrogens is 2. The number of aryl methyl sites for hydroxylation is 2. The van der Waals surface area contributed by atoms with Crippen LogP contribution in [0.25, 0.3) is 11.4 Å². The van der Waals surface area contributed by atoms with E-state index in [1.165, 1.54) is 0 Å². The smallest absolute Gasteiger partial charge is 0.265 e. The molecule has 0 fully saturated rings. The van der Waals surface area contributed by atoms with Gasteiger partial charge in [0.1, 0.15) is 10.3 Å². The molecule has 1 heterocycles. The van der Waals surface area contributed by atoms with E-state index < -0.39 is 0 Å². The molecule has 112 valence electrons. The molecule has 0 aliphatic carbocycles. The van der Waals surface area contributed by atoms with E-state index in [4.69, 9.17) is 0 Å². The molecule has 1 N–H and O–H groups in total. The van der Waals surface area contributed by atoms with Crippen molar-refractivity contribution in [1.82, 2.24) is 9.97 Å². The van der Waals surface area contributed by atoms with Crippen molar-refractivity contribution in [3.05, 3.63) is 48.3 Å². The molecule has 2 rings (SSSR count). The maximum Gasteiger partial charge on any atom is 0.265 e. The summed E-state index contributed by atoms with van der Waals surface area (Å²) in [5.41, 5.74) is 3.86. The Morgan fingerprint density at radius 1 is 1.14 bits per heavy atom. The number of hydrogen-bond donors (Lipinski definition) is 1. The summed E-state index contributed by atoms with van der Waals surface area (Å²) in [7, 11) is 0. The summed E-state index contributed by atoms with van der Waals surface area (Å²) in [6.07, 6.45) is 0.770. The number of nitrogens with zero attached hydrogens (tertiary/aromatic N) is 1. The van der Waals surface area contributed by atoms with E-state index in [0.29, 0.717) is 16.2 Å². The van der Waals surface area contributed by atoms with Crippen molar-refractivity contribution in [2.24, 2.45) is 5.92 Å². The molecule has 2 aromatic rings. The zero-order valence-electron chi connectivity index (χ0n) is 12.6. The van der Waals surface area contributed by atoms with Gasteiger partial charge in [0, 0.05) is 10.0 Å². The van der Waals surface area contributed by atoms with Gasteiger partial charge >= 0.3 is 0 Å². The van der Waals surface area contributed by atoms with Crippen molar-refractivity contribution < 1.29 is 0 Å². The first-order valence-corrected chi connectivity index (χ1v) is 8.44. The molecule has 0 aliphatic rings. The number of nitrogens with one attached hydrogen (secondary N) is 1. The fourth-order valence-electron chi connectivity index (χ4n) is 2.25. The number of halogens is 2. The predicted molar refractivity (Wildman–Crippen MR) is 93.7 cm³/mol. The van der Waals surface area contributed by atoms with Crippen molar-refractivity contribution in [3.8, 4) is 11.4 Å². The van der Waals surface area contributed by atoms with E-state index in [2.05, 4.69) is 55.7 Å². The fraction of sp³-hybridized carbons (Fsp3) is 0.375. The van der Waals surface area contributed by atoms with Crippen molar-refractivity contribution >= 4 is 31.9 Å². The van der Waals surface area contributed by atoms with Crippen LogP contribution >= 0.6 is 31.9 Å². The number of rotatable bonds is 3. The van der Waals surface area contributed by atoms with E-state index in [0.717, 1.165) is 33.3 Å². The van der Waals surface area contributed by atoms with Gasteiger partial charge < -0.3 is 4.98 Å². The Labute approximate surface area is 141 Å². The molecule has 0 aliphatic heterocycles. The van der Waals surface area contributed by atoms with Crippen LogP contribution in [0.1, 0.15) is 30.7 Å². The number of aromatic amines is 1. The molecule has 1 aromatic heterocycles. The highest BCUT2D eigenvalue weighted by atomic mass is 79.9. The predicted octanol–water partition coefficient (Wildman–Crippen LogP) is 4.78. The lowest BCUT2D eigenvalue weighted by atomic mass is 10.1. The minimum atomic E-state index is -0.131. The highest BCUT2D eigenvalue weighted by Crippen LogP contribution is 2.27. The first kappa shape index (κ1) is 16.4. The van der Waals surface area contributed by atoms with Gasteiger partial charge in [-0.2, -0.15) is 0 Å². The Balaban J connectivity index is 2.59. The second kappa shape index (κ2) is 6.44. The fourth-order valence-corrected chi connectivity index (χ4v) is 2.83. The van der Waals surface area contributed by atoms with Crippen molar-refractivity contribution in [3.63, 3.8) is 0 Å². The molecule has 0 saturated heterocycles. The maximum atomic E-state index is 12.1. The van der Waals surface area contributed by atoms with Crippen molar-refractivity contribution in [2.75, 3.05) is 0 Å². The Kier molecular flexibility index (Phi) is 5.04. The van der Waals surface area contributed by atoms with E-state index >= 15 is 0 Å². The molecule has 5 heteroatoms. The Bertz CT molecular complexity index is 713. The topological polar surface area (TPSA) is 45.8 Å². The van der Waals surface area contributed by atoms with Crippen LogP contribution in [-0.2, 0) is 6.42 Å². The van der Waals surface area contributed by atoms with Gasteiger partial charge in [-0.25, -0.2) is 4.98 Å². The standard InChI is InChI=1S/C16H18Br2N2O/c1-8(2)5-12-14(18)16(21)20-15(19-12)11-6-9(3)13(17)10(4)7-11/h6-8H,5H2,1-4H3,(H,19,20,21). The molecule has 0 unspecified atom stereocenters. The van der Waals surface area contributed by atoms with Gasteiger partial charge in [-0.1, -0.05) is 29.8 Å². The molecule has 0 radical (unpaired) electrons. The normalized spacial score (nSPS) is 11.2. The van der Waals surface area contributed by atoms with E-state index in [1.54, 1.807) is 0 Å². The third kappa shape index (κ3) is 3.64. The highest BCUT2D eigenvalue weighted by molar-refractivity contribution is 9.10. The van der Waals surface area contributed by atoms with Crippen LogP contribution in [0, 0.1) is 19.8 Å². The summed E-state index contributed by atoms with van der Waals surface area (Å²) in [4.78, 5) is 19.6. The summed E-state index contributed by atoms with van der Waals surface area (Å²) in [6.45, 7) is 8.30. The van der Waals surface area contributed by atoms with E-state index in [1.807, 2.05) is 26.0 Å². The lowest BCUT2D eigenvalue weighted by Gasteiger charge is -2.11. The number of H-pyrrole nitrogens is 1. The number of hydrogen-bond acceptors (Lipinski definition) is 2. The monoisotopic (exact) mass is 412 g/mol. The third-order valence-electron chi connectivity index (χ3n) is 3.24. The van der Waals surface area contributed by atoms with Crippen LogP contribution in [0.3, 0.4) is 0 Å². The van der Waals surface area contributed by atoms with E-state index in [9.17, 15) is 4.79 Å². The van der Waals surface area contributed by atoms with Gasteiger partial charge in [-0.3, -0.25) is 4.79 Å². The second-order valence-electron chi connectivity index (χ2n) is 5.70. The molecule has 3 nitrogen and oxygen atoms in total.